The summed E-state index contributed by atoms with van der Waals surface area (Å²) >= 11 is 0. The molecule has 0 aliphatic carbocycles. The fourth-order valence-corrected chi connectivity index (χ4v) is 10.7. The molecule has 1 amide bonds. The Hall–Kier alpha value is -1.40. The predicted octanol–water partition coefficient (Wildman–Crippen LogP) is 21.2. The molecule has 3 N–H and O–H groups in total. The maximum atomic E-state index is 12.5. The lowest BCUT2D eigenvalue weighted by Crippen LogP contribution is -2.45. The number of allylic oxidation sites excluding steroid dienone is 2. The van der Waals surface area contributed by atoms with Crippen molar-refractivity contribution in [3.8, 4) is 0 Å². The second-order valence-electron chi connectivity index (χ2n) is 23.2. The van der Waals surface area contributed by atoms with Gasteiger partial charge in [-0.3, -0.25) is 9.59 Å². The van der Waals surface area contributed by atoms with Gasteiger partial charge in [0.15, 0.2) is 0 Å². The number of carbonyl (C=O) groups excluding carboxylic acids is 2. The molecule has 0 aromatic heterocycles. The van der Waals surface area contributed by atoms with Crippen molar-refractivity contribution in [1.29, 1.82) is 0 Å². The molecule has 0 heterocycles. The van der Waals surface area contributed by atoms with E-state index in [4.69, 9.17) is 4.74 Å². The fourth-order valence-electron chi connectivity index (χ4n) is 10.7. The van der Waals surface area contributed by atoms with Crippen molar-refractivity contribution >= 4 is 11.9 Å². The standard InChI is InChI=1S/C67H131NO5/c1-3-5-7-9-11-13-15-17-19-21-24-27-31-35-39-43-47-51-55-59-65(70)64(63-69)68-66(71)60-56-52-48-44-40-36-32-28-25-23-26-30-34-38-42-46-50-54-58-62-73-67(72)61-57-53-49-45-41-37-33-29-22-20-18-16-14-12-10-8-6-4-2/h23,25,64-65,69-70H,3-22,24,26-63H2,1-2H3,(H,68,71)/b25-23-. The van der Waals surface area contributed by atoms with E-state index >= 15 is 0 Å². The van der Waals surface area contributed by atoms with E-state index in [2.05, 4.69) is 31.3 Å². The Morgan fingerprint density at radius 3 is 0.973 bits per heavy atom. The van der Waals surface area contributed by atoms with Gasteiger partial charge in [-0.05, 0) is 51.4 Å². The Morgan fingerprint density at radius 1 is 0.370 bits per heavy atom. The smallest absolute Gasteiger partial charge is 0.305 e. The van der Waals surface area contributed by atoms with Crippen molar-refractivity contribution in [2.75, 3.05) is 13.2 Å². The summed E-state index contributed by atoms with van der Waals surface area (Å²) < 4.78 is 5.50. The Morgan fingerprint density at radius 2 is 0.644 bits per heavy atom. The molecule has 0 saturated heterocycles. The third-order valence-electron chi connectivity index (χ3n) is 15.8. The molecule has 0 spiro atoms. The van der Waals surface area contributed by atoms with Gasteiger partial charge < -0.3 is 20.3 Å². The van der Waals surface area contributed by atoms with Crippen LogP contribution in [0.15, 0.2) is 12.2 Å². The molecule has 0 fully saturated rings. The first-order valence-corrected chi connectivity index (χ1v) is 33.4. The van der Waals surface area contributed by atoms with Gasteiger partial charge in [0.25, 0.3) is 0 Å². The fraction of sp³-hybridized carbons (Fsp3) is 0.940. The monoisotopic (exact) mass is 1030 g/mol. The lowest BCUT2D eigenvalue weighted by atomic mass is 10.0. The van der Waals surface area contributed by atoms with Crippen LogP contribution in [0.4, 0.5) is 0 Å². The van der Waals surface area contributed by atoms with E-state index in [1.807, 2.05) is 0 Å². The summed E-state index contributed by atoms with van der Waals surface area (Å²) in [6.07, 6.45) is 76.6. The second kappa shape index (κ2) is 63.1. The predicted molar refractivity (Wildman–Crippen MR) is 320 cm³/mol. The number of amides is 1. The molecule has 0 bridgehead atoms. The molecule has 0 saturated carbocycles. The zero-order valence-corrected chi connectivity index (χ0v) is 49.6. The molecule has 0 aliphatic rings. The molecule has 0 aromatic carbocycles. The largest absolute Gasteiger partial charge is 0.466 e. The number of nitrogens with one attached hydrogen (secondary N) is 1. The van der Waals surface area contributed by atoms with Crippen LogP contribution >= 0.6 is 0 Å². The Labute approximate surface area is 457 Å². The van der Waals surface area contributed by atoms with Gasteiger partial charge in [0, 0.05) is 12.8 Å². The van der Waals surface area contributed by atoms with Gasteiger partial charge in [0.05, 0.1) is 25.4 Å². The van der Waals surface area contributed by atoms with Gasteiger partial charge in [0.2, 0.25) is 5.91 Å². The minimum absolute atomic E-state index is 0.00949. The topological polar surface area (TPSA) is 95.9 Å². The van der Waals surface area contributed by atoms with E-state index in [9.17, 15) is 19.8 Å². The number of ether oxygens (including phenoxy) is 1. The minimum Gasteiger partial charge on any atom is -0.466 e. The molecule has 0 aliphatic heterocycles. The lowest BCUT2D eigenvalue weighted by molar-refractivity contribution is -0.143. The van der Waals surface area contributed by atoms with E-state index in [1.54, 1.807) is 0 Å². The highest BCUT2D eigenvalue weighted by Gasteiger charge is 2.20. The second-order valence-corrected chi connectivity index (χ2v) is 23.2. The van der Waals surface area contributed by atoms with E-state index in [0.29, 0.717) is 25.9 Å². The summed E-state index contributed by atoms with van der Waals surface area (Å²) in [7, 11) is 0. The molecule has 0 rings (SSSR count). The summed E-state index contributed by atoms with van der Waals surface area (Å²) in [6.45, 7) is 4.98. The number of aliphatic hydroxyl groups is 2. The van der Waals surface area contributed by atoms with Crippen molar-refractivity contribution in [1.82, 2.24) is 5.32 Å². The number of hydrogen-bond donors (Lipinski definition) is 3. The van der Waals surface area contributed by atoms with Crippen molar-refractivity contribution in [2.24, 2.45) is 0 Å². The van der Waals surface area contributed by atoms with Crippen LogP contribution in [0, 0.1) is 0 Å². The summed E-state index contributed by atoms with van der Waals surface area (Å²) in [5, 5.41) is 23.4. The molecule has 0 aromatic rings. The van der Waals surface area contributed by atoms with E-state index in [1.165, 1.54) is 308 Å². The van der Waals surface area contributed by atoms with Gasteiger partial charge in [-0.2, -0.15) is 0 Å². The van der Waals surface area contributed by atoms with Gasteiger partial charge in [-0.15, -0.1) is 0 Å². The minimum atomic E-state index is -0.671. The van der Waals surface area contributed by atoms with Crippen LogP contribution in [0.5, 0.6) is 0 Å². The Kier molecular flexibility index (Phi) is 61.9. The molecule has 434 valence electrons. The molecule has 73 heavy (non-hydrogen) atoms. The van der Waals surface area contributed by atoms with E-state index in [0.717, 1.165) is 38.5 Å². The number of esters is 1. The van der Waals surface area contributed by atoms with Crippen molar-refractivity contribution in [3.05, 3.63) is 12.2 Å². The zero-order chi connectivity index (χ0) is 52.9. The molecular weight excluding hydrogens is 899 g/mol. The Balaban J connectivity index is 3.41. The third-order valence-corrected chi connectivity index (χ3v) is 15.8. The highest BCUT2D eigenvalue weighted by molar-refractivity contribution is 5.76. The molecule has 2 unspecified atom stereocenters. The maximum Gasteiger partial charge on any atom is 0.305 e. The average molecular weight is 1030 g/mol. The van der Waals surface area contributed by atoms with Crippen LogP contribution in [0.1, 0.15) is 380 Å². The summed E-state index contributed by atoms with van der Waals surface area (Å²) in [6, 6.07) is -0.549. The molecule has 0 radical (unpaired) electrons. The van der Waals surface area contributed by atoms with Gasteiger partial charge >= 0.3 is 5.97 Å². The highest BCUT2D eigenvalue weighted by atomic mass is 16.5. The lowest BCUT2D eigenvalue weighted by Gasteiger charge is -2.22. The Bertz CT molecular complexity index is 1100. The summed E-state index contributed by atoms with van der Waals surface area (Å²) in [5.74, 6) is -0.0311. The van der Waals surface area contributed by atoms with E-state index in [-0.39, 0.29) is 18.5 Å². The SMILES string of the molecule is CCCCCCCCCCCCCCCCCCCCCC(O)C(CO)NC(=O)CCCCCCCCC/C=C\CCCCCCCCCCOC(=O)CCCCCCCCCCCCCCCCCCCC. The van der Waals surface area contributed by atoms with Crippen LogP contribution < -0.4 is 5.32 Å². The van der Waals surface area contributed by atoms with Crippen LogP contribution in [-0.2, 0) is 14.3 Å². The van der Waals surface area contributed by atoms with Crippen molar-refractivity contribution < 1.29 is 24.5 Å². The van der Waals surface area contributed by atoms with Crippen LogP contribution in [0.3, 0.4) is 0 Å². The van der Waals surface area contributed by atoms with Crippen LogP contribution in [-0.4, -0.2) is 47.4 Å². The first kappa shape index (κ1) is 71.6. The molecule has 6 nitrogen and oxygen atoms in total. The first-order valence-electron chi connectivity index (χ1n) is 33.4. The zero-order valence-electron chi connectivity index (χ0n) is 49.6. The van der Waals surface area contributed by atoms with E-state index < -0.39 is 12.1 Å². The molecule has 2 atom stereocenters. The van der Waals surface area contributed by atoms with Crippen molar-refractivity contribution in [2.45, 2.75) is 392 Å². The quantitative estimate of drug-likeness (QED) is 0.0320. The first-order chi connectivity index (χ1) is 36.0. The third kappa shape index (κ3) is 59.7. The van der Waals surface area contributed by atoms with Crippen LogP contribution in [0.25, 0.3) is 0 Å². The maximum absolute atomic E-state index is 12.5. The molecular formula is C67H131NO5. The number of aliphatic hydroxyl groups excluding tert-OH is 2. The van der Waals surface area contributed by atoms with Gasteiger partial charge in [-0.1, -0.05) is 328 Å². The van der Waals surface area contributed by atoms with Gasteiger partial charge in [0.1, 0.15) is 0 Å². The number of carbonyl (C=O) groups is 2. The summed E-state index contributed by atoms with van der Waals surface area (Å²) in [5.41, 5.74) is 0. The normalized spacial score (nSPS) is 12.5. The van der Waals surface area contributed by atoms with Crippen molar-refractivity contribution in [3.63, 3.8) is 0 Å². The van der Waals surface area contributed by atoms with Gasteiger partial charge in [-0.25, -0.2) is 0 Å². The number of unbranched alkanes of at least 4 members (excludes halogenated alkanes) is 50. The average Bonchev–Trinajstić information content (AvgIpc) is 3.39. The van der Waals surface area contributed by atoms with Crippen LogP contribution in [0.2, 0.25) is 0 Å². The summed E-state index contributed by atoms with van der Waals surface area (Å²) in [4.78, 5) is 24.6. The molecule has 6 heteroatoms. The number of rotatable bonds is 63. The highest BCUT2D eigenvalue weighted by Crippen LogP contribution is 2.19. The number of hydrogen-bond acceptors (Lipinski definition) is 5.